The number of ketones is 1. The molecule has 0 saturated carbocycles. The number of phenolic OH excluding ortho intramolecular Hbond substituents is 1. The highest BCUT2D eigenvalue weighted by molar-refractivity contribution is 9.10. The van der Waals surface area contributed by atoms with E-state index < -0.39 is 5.92 Å². The van der Waals surface area contributed by atoms with Crippen LogP contribution in [0.4, 0.5) is 5.69 Å². The first-order valence-corrected chi connectivity index (χ1v) is 11.3. The van der Waals surface area contributed by atoms with Gasteiger partial charge in [0.25, 0.3) is 5.91 Å². The lowest BCUT2D eigenvalue weighted by Gasteiger charge is -2.34. The molecule has 6 nitrogen and oxygen atoms in total. The Bertz CT molecular complexity index is 1180. The first-order valence-electron chi connectivity index (χ1n) is 10.5. The number of rotatable bonds is 4. The second-order valence-corrected chi connectivity index (χ2v) is 8.94. The number of aromatic hydroxyl groups is 1. The van der Waals surface area contributed by atoms with Crippen molar-refractivity contribution in [2.24, 2.45) is 0 Å². The molecule has 3 N–H and O–H groups in total. The van der Waals surface area contributed by atoms with E-state index in [4.69, 9.17) is 4.74 Å². The first-order chi connectivity index (χ1) is 15.3. The first kappa shape index (κ1) is 22.1. The van der Waals surface area contributed by atoms with Gasteiger partial charge in [0, 0.05) is 40.6 Å². The highest BCUT2D eigenvalue weighted by Crippen LogP contribution is 2.46. The lowest BCUT2D eigenvalue weighted by molar-refractivity contribution is -0.116. The summed E-state index contributed by atoms with van der Waals surface area (Å²) in [5.41, 5.74) is 5.01. The molecule has 0 bridgehead atoms. The van der Waals surface area contributed by atoms with Gasteiger partial charge in [0.05, 0.1) is 11.6 Å². The molecular weight excluding hydrogens is 472 g/mol. The second kappa shape index (κ2) is 8.82. The van der Waals surface area contributed by atoms with Crippen molar-refractivity contribution in [2.45, 2.75) is 39.0 Å². The van der Waals surface area contributed by atoms with Crippen LogP contribution < -0.4 is 15.4 Å². The summed E-state index contributed by atoms with van der Waals surface area (Å²) in [4.78, 5) is 26.6. The highest BCUT2D eigenvalue weighted by Gasteiger charge is 2.39. The molecule has 0 radical (unpaired) electrons. The number of methoxy groups -OCH3 is 1. The summed E-state index contributed by atoms with van der Waals surface area (Å²) >= 11 is 3.38. The molecule has 32 heavy (non-hydrogen) atoms. The van der Waals surface area contributed by atoms with E-state index >= 15 is 0 Å². The van der Waals surface area contributed by atoms with Crippen molar-refractivity contribution in [3.63, 3.8) is 0 Å². The average molecular weight is 497 g/mol. The predicted molar refractivity (Wildman–Crippen MR) is 127 cm³/mol. The number of nitrogens with one attached hydrogen (secondary N) is 2. The Kier molecular flexibility index (Phi) is 6.11. The molecule has 0 aromatic heterocycles. The lowest BCUT2D eigenvalue weighted by atomic mass is 9.75. The monoisotopic (exact) mass is 496 g/mol. The zero-order chi connectivity index (χ0) is 23.0. The summed E-state index contributed by atoms with van der Waals surface area (Å²) in [5.74, 6) is -0.576. The van der Waals surface area contributed by atoms with Crippen LogP contribution in [-0.2, 0) is 9.59 Å². The normalized spacial score (nSPS) is 18.2. The van der Waals surface area contributed by atoms with Crippen LogP contribution in [0.15, 0.2) is 63.4 Å². The van der Waals surface area contributed by atoms with Gasteiger partial charge in [0.1, 0.15) is 0 Å². The van der Waals surface area contributed by atoms with E-state index in [0.29, 0.717) is 33.3 Å². The zero-order valence-corrected chi connectivity index (χ0v) is 19.8. The van der Waals surface area contributed by atoms with Crippen molar-refractivity contribution in [1.29, 1.82) is 0 Å². The van der Waals surface area contributed by atoms with Crippen LogP contribution in [0.1, 0.15) is 43.2 Å². The molecule has 0 spiro atoms. The predicted octanol–water partition coefficient (Wildman–Crippen LogP) is 5.08. The fourth-order valence-corrected chi connectivity index (χ4v) is 4.90. The highest BCUT2D eigenvalue weighted by atomic mass is 79.9. The molecule has 0 fully saturated rings. The van der Waals surface area contributed by atoms with Gasteiger partial charge in [-0.15, -0.1) is 0 Å². The quantitative estimate of drug-likeness (QED) is 0.549. The number of para-hydroxylation sites is 1. The van der Waals surface area contributed by atoms with Crippen molar-refractivity contribution >= 4 is 33.3 Å². The number of anilines is 1. The summed E-state index contributed by atoms with van der Waals surface area (Å²) in [6.45, 7) is 3.79. The molecular formula is C25H25BrN2O4. The van der Waals surface area contributed by atoms with Gasteiger partial charge >= 0.3 is 0 Å². The van der Waals surface area contributed by atoms with Crippen LogP contribution in [-0.4, -0.2) is 23.9 Å². The van der Waals surface area contributed by atoms with Crippen LogP contribution in [0, 0.1) is 6.92 Å². The minimum atomic E-state index is -0.575. The number of halogens is 1. The number of benzene rings is 2. The van der Waals surface area contributed by atoms with Gasteiger partial charge in [0.2, 0.25) is 0 Å². The summed E-state index contributed by atoms with van der Waals surface area (Å²) in [5, 5.41) is 16.6. The third-order valence-electron chi connectivity index (χ3n) is 6.02. The molecule has 2 aliphatic rings. The third kappa shape index (κ3) is 3.93. The zero-order valence-electron chi connectivity index (χ0n) is 18.2. The number of Topliss-reactive ketones (excluding diaryl/α,β-unsaturated/α-hetero) is 1. The van der Waals surface area contributed by atoms with Crippen LogP contribution in [0.2, 0.25) is 0 Å². The molecule has 1 heterocycles. The van der Waals surface area contributed by atoms with Crippen molar-refractivity contribution < 1.29 is 19.4 Å². The van der Waals surface area contributed by atoms with Crippen LogP contribution >= 0.6 is 15.9 Å². The molecule has 2 aromatic rings. The number of ether oxygens (including phenoxy) is 1. The van der Waals surface area contributed by atoms with Gasteiger partial charge in [-0.3, -0.25) is 9.59 Å². The maximum absolute atomic E-state index is 13.6. The standard InChI is InChI=1S/C25H25BrN2O4/c1-13-7-4-5-8-17(13)28-25(31)21-14(2)27-18-9-6-10-19(29)23(18)22(21)15-11-16(26)24(30)20(12-15)32-3/h4-5,7-8,11-12,22,27,30H,6,9-10H2,1-3H3,(H,28,31). The minimum absolute atomic E-state index is 0.0269. The van der Waals surface area contributed by atoms with Gasteiger partial charge in [-0.1, -0.05) is 18.2 Å². The lowest BCUT2D eigenvalue weighted by Crippen LogP contribution is -2.35. The molecule has 1 amide bonds. The van der Waals surface area contributed by atoms with E-state index in [1.165, 1.54) is 7.11 Å². The van der Waals surface area contributed by atoms with E-state index in [1.807, 2.05) is 38.1 Å². The molecule has 1 atom stereocenters. The number of dihydropyridines is 1. The van der Waals surface area contributed by atoms with Gasteiger partial charge in [-0.05, 0) is 71.9 Å². The van der Waals surface area contributed by atoms with Crippen molar-refractivity contribution in [1.82, 2.24) is 5.32 Å². The van der Waals surface area contributed by atoms with Crippen molar-refractivity contribution in [3.05, 3.63) is 74.5 Å². The maximum atomic E-state index is 13.6. The van der Waals surface area contributed by atoms with Crippen LogP contribution in [0.3, 0.4) is 0 Å². The van der Waals surface area contributed by atoms with Gasteiger partial charge in [-0.2, -0.15) is 0 Å². The molecule has 7 heteroatoms. The van der Waals surface area contributed by atoms with Crippen LogP contribution in [0.25, 0.3) is 0 Å². The van der Waals surface area contributed by atoms with Crippen molar-refractivity contribution in [2.75, 3.05) is 12.4 Å². The Morgan fingerprint density at radius 1 is 1.22 bits per heavy atom. The van der Waals surface area contributed by atoms with E-state index in [-0.39, 0.29) is 23.2 Å². The SMILES string of the molecule is COc1cc(C2C(C(=O)Nc3ccccc3C)=C(C)NC3=C2C(=O)CCC3)cc(Br)c1O. The molecule has 2 aromatic carbocycles. The molecule has 1 aliphatic heterocycles. The summed E-state index contributed by atoms with van der Waals surface area (Å²) in [7, 11) is 1.47. The Morgan fingerprint density at radius 3 is 2.69 bits per heavy atom. The number of amides is 1. The Labute approximate surface area is 195 Å². The maximum Gasteiger partial charge on any atom is 0.254 e. The number of hydrogen-bond acceptors (Lipinski definition) is 5. The number of phenols is 1. The number of hydrogen-bond donors (Lipinski definition) is 3. The molecule has 1 aliphatic carbocycles. The molecule has 166 valence electrons. The van der Waals surface area contributed by atoms with Gasteiger partial charge in [0.15, 0.2) is 17.3 Å². The summed E-state index contributed by atoms with van der Waals surface area (Å²) < 4.78 is 5.78. The fourth-order valence-electron chi connectivity index (χ4n) is 4.44. The van der Waals surface area contributed by atoms with Crippen molar-refractivity contribution in [3.8, 4) is 11.5 Å². The molecule has 1 unspecified atom stereocenters. The number of aryl methyl sites for hydroxylation is 1. The smallest absolute Gasteiger partial charge is 0.254 e. The Hall–Kier alpha value is -3.06. The largest absolute Gasteiger partial charge is 0.503 e. The van der Waals surface area contributed by atoms with E-state index in [2.05, 4.69) is 26.6 Å². The van der Waals surface area contributed by atoms with Gasteiger partial charge < -0.3 is 20.5 Å². The van der Waals surface area contributed by atoms with Gasteiger partial charge in [-0.25, -0.2) is 0 Å². The van der Waals surface area contributed by atoms with Crippen LogP contribution in [0.5, 0.6) is 11.5 Å². The fraction of sp³-hybridized carbons (Fsp3) is 0.280. The summed E-state index contributed by atoms with van der Waals surface area (Å²) in [6.07, 6.45) is 1.97. The molecule has 4 rings (SSSR count). The number of allylic oxidation sites excluding steroid dienone is 3. The van der Waals surface area contributed by atoms with E-state index in [9.17, 15) is 14.7 Å². The summed E-state index contributed by atoms with van der Waals surface area (Å²) in [6, 6.07) is 11.0. The Morgan fingerprint density at radius 2 is 1.97 bits per heavy atom. The average Bonchev–Trinajstić information content (AvgIpc) is 2.76. The second-order valence-electron chi connectivity index (χ2n) is 8.09. The van der Waals surface area contributed by atoms with E-state index in [0.717, 1.165) is 29.8 Å². The topological polar surface area (TPSA) is 87.7 Å². The van der Waals surface area contributed by atoms with E-state index in [1.54, 1.807) is 12.1 Å². The Balaban J connectivity index is 1.86. The number of carbonyl (C=O) groups excluding carboxylic acids is 2. The molecule has 0 saturated heterocycles. The minimum Gasteiger partial charge on any atom is -0.503 e. The third-order valence-corrected chi connectivity index (χ3v) is 6.62. The number of carbonyl (C=O) groups is 2.